The monoisotopic (exact) mass is 186 g/mol. The number of hydrogen-bond acceptors (Lipinski definition) is 4. The van der Waals surface area contributed by atoms with Gasteiger partial charge in [-0.1, -0.05) is 6.08 Å². The zero-order valence-corrected chi connectivity index (χ0v) is 7.51. The third-order valence-electron chi connectivity index (χ3n) is 2.24. The maximum absolute atomic E-state index is 10.7. The fourth-order valence-electron chi connectivity index (χ4n) is 1.47. The molecule has 0 aromatic rings. The molecule has 1 saturated carbocycles. The van der Waals surface area contributed by atoms with Gasteiger partial charge in [-0.25, -0.2) is 4.79 Å². The summed E-state index contributed by atoms with van der Waals surface area (Å²) in [5.41, 5.74) is 0. The largest absolute Gasteiger partial charge is 0.466 e. The average molecular weight is 186 g/mol. The molecular weight excluding hydrogens is 172 g/mol. The number of carbonyl (C=O) groups excluding carboxylic acids is 1. The molecule has 0 heterocycles. The standard InChI is InChI=1S/C9H14O4/c1-13-9(12)3-2-6-4-7(10)8(11)5-6/h2-3,6-8,10-11H,4-5H2,1H3/b3-2+/t6?,7-,8+. The van der Waals surface area contributed by atoms with Crippen LogP contribution in [0.2, 0.25) is 0 Å². The molecule has 0 spiro atoms. The van der Waals surface area contributed by atoms with Crippen molar-refractivity contribution in [2.45, 2.75) is 25.0 Å². The molecule has 4 nitrogen and oxygen atoms in total. The van der Waals surface area contributed by atoms with E-state index in [0.29, 0.717) is 12.8 Å². The van der Waals surface area contributed by atoms with Gasteiger partial charge in [0.2, 0.25) is 0 Å². The Kier molecular flexibility index (Phi) is 3.45. The first-order valence-corrected chi connectivity index (χ1v) is 4.25. The Bertz CT molecular complexity index is 202. The molecular formula is C9H14O4. The van der Waals surface area contributed by atoms with Crippen molar-refractivity contribution in [2.75, 3.05) is 7.11 Å². The second-order valence-corrected chi connectivity index (χ2v) is 3.25. The van der Waals surface area contributed by atoms with Gasteiger partial charge in [-0.05, 0) is 18.8 Å². The molecule has 1 aliphatic rings. The van der Waals surface area contributed by atoms with E-state index in [4.69, 9.17) is 0 Å². The topological polar surface area (TPSA) is 66.8 Å². The molecule has 1 aliphatic carbocycles. The summed E-state index contributed by atoms with van der Waals surface area (Å²) in [6.45, 7) is 0. The van der Waals surface area contributed by atoms with E-state index in [-0.39, 0.29) is 5.92 Å². The van der Waals surface area contributed by atoms with Gasteiger partial charge in [0.05, 0.1) is 19.3 Å². The molecule has 13 heavy (non-hydrogen) atoms. The lowest BCUT2D eigenvalue weighted by Crippen LogP contribution is -2.17. The first-order valence-electron chi connectivity index (χ1n) is 4.25. The van der Waals surface area contributed by atoms with E-state index in [1.807, 2.05) is 0 Å². The lowest BCUT2D eigenvalue weighted by Gasteiger charge is -2.03. The minimum Gasteiger partial charge on any atom is -0.466 e. The first kappa shape index (κ1) is 10.2. The van der Waals surface area contributed by atoms with Crippen molar-refractivity contribution in [3.05, 3.63) is 12.2 Å². The smallest absolute Gasteiger partial charge is 0.330 e. The predicted molar refractivity (Wildman–Crippen MR) is 45.9 cm³/mol. The van der Waals surface area contributed by atoms with Crippen LogP contribution in [0.15, 0.2) is 12.2 Å². The molecule has 1 unspecified atom stereocenters. The summed E-state index contributed by atoms with van der Waals surface area (Å²) < 4.78 is 4.41. The second-order valence-electron chi connectivity index (χ2n) is 3.25. The van der Waals surface area contributed by atoms with Gasteiger partial charge in [0.15, 0.2) is 0 Å². The summed E-state index contributed by atoms with van der Waals surface area (Å²) in [7, 11) is 1.31. The molecule has 0 aliphatic heterocycles. The molecule has 0 bridgehead atoms. The first-order chi connectivity index (χ1) is 6.13. The molecule has 3 atom stereocenters. The van der Waals surface area contributed by atoms with E-state index < -0.39 is 18.2 Å². The van der Waals surface area contributed by atoms with Crippen LogP contribution >= 0.6 is 0 Å². The van der Waals surface area contributed by atoms with Crippen molar-refractivity contribution in [1.29, 1.82) is 0 Å². The number of ether oxygens (including phenoxy) is 1. The van der Waals surface area contributed by atoms with Gasteiger partial charge in [0, 0.05) is 6.08 Å². The minimum absolute atomic E-state index is 0.0732. The lowest BCUT2D eigenvalue weighted by atomic mass is 10.1. The molecule has 1 fully saturated rings. The number of aliphatic hydroxyl groups excluding tert-OH is 2. The Morgan fingerprint density at radius 3 is 2.38 bits per heavy atom. The number of aliphatic hydroxyl groups is 2. The van der Waals surface area contributed by atoms with Crippen LogP contribution in [0, 0.1) is 5.92 Å². The Balaban J connectivity index is 2.39. The summed E-state index contributed by atoms with van der Waals surface area (Å²) in [5.74, 6) is -0.333. The lowest BCUT2D eigenvalue weighted by molar-refractivity contribution is -0.134. The molecule has 0 radical (unpaired) electrons. The quantitative estimate of drug-likeness (QED) is 0.465. The predicted octanol–water partition coefficient (Wildman–Crippen LogP) is -0.153. The minimum atomic E-state index is -0.660. The van der Waals surface area contributed by atoms with Crippen LogP contribution in [0.1, 0.15) is 12.8 Å². The van der Waals surface area contributed by atoms with Crippen LogP contribution in [-0.4, -0.2) is 35.5 Å². The van der Waals surface area contributed by atoms with Crippen LogP contribution in [-0.2, 0) is 9.53 Å². The van der Waals surface area contributed by atoms with Gasteiger partial charge in [0.25, 0.3) is 0 Å². The average Bonchev–Trinajstić information content (AvgIpc) is 2.42. The SMILES string of the molecule is COC(=O)/C=C/C1C[C@@H](O)[C@@H](O)C1. The normalized spacial score (nSPS) is 33.9. The van der Waals surface area contributed by atoms with Gasteiger partial charge in [-0.3, -0.25) is 0 Å². The van der Waals surface area contributed by atoms with Crippen molar-refractivity contribution < 1.29 is 19.7 Å². The van der Waals surface area contributed by atoms with E-state index in [1.165, 1.54) is 13.2 Å². The highest BCUT2D eigenvalue weighted by atomic mass is 16.5. The van der Waals surface area contributed by atoms with Gasteiger partial charge in [0.1, 0.15) is 0 Å². The molecule has 2 N–H and O–H groups in total. The third kappa shape index (κ3) is 2.82. The number of methoxy groups -OCH3 is 1. The van der Waals surface area contributed by atoms with E-state index in [1.54, 1.807) is 6.08 Å². The van der Waals surface area contributed by atoms with E-state index in [2.05, 4.69) is 4.74 Å². The number of allylic oxidation sites excluding steroid dienone is 1. The van der Waals surface area contributed by atoms with Crippen molar-refractivity contribution in [3.63, 3.8) is 0 Å². The van der Waals surface area contributed by atoms with Crippen molar-refractivity contribution >= 4 is 5.97 Å². The van der Waals surface area contributed by atoms with E-state index in [9.17, 15) is 15.0 Å². The highest BCUT2D eigenvalue weighted by molar-refractivity contribution is 5.81. The number of carbonyl (C=O) groups is 1. The molecule has 1 rings (SSSR count). The number of esters is 1. The van der Waals surface area contributed by atoms with Crippen LogP contribution < -0.4 is 0 Å². The highest BCUT2D eigenvalue weighted by Gasteiger charge is 2.29. The van der Waals surface area contributed by atoms with E-state index >= 15 is 0 Å². The molecule has 0 aromatic carbocycles. The summed E-state index contributed by atoms with van der Waals surface area (Å²) in [6.07, 6.45) is 2.70. The summed E-state index contributed by atoms with van der Waals surface area (Å²) in [5, 5.41) is 18.4. The van der Waals surface area contributed by atoms with Crippen LogP contribution in [0.5, 0.6) is 0 Å². The Labute approximate surface area is 76.8 Å². The fourth-order valence-corrected chi connectivity index (χ4v) is 1.47. The zero-order valence-electron chi connectivity index (χ0n) is 7.51. The van der Waals surface area contributed by atoms with Gasteiger partial charge < -0.3 is 14.9 Å². The molecule has 0 saturated heterocycles. The highest BCUT2D eigenvalue weighted by Crippen LogP contribution is 2.26. The molecule has 4 heteroatoms. The number of rotatable bonds is 2. The van der Waals surface area contributed by atoms with Crippen LogP contribution in [0.25, 0.3) is 0 Å². The van der Waals surface area contributed by atoms with Gasteiger partial charge >= 0.3 is 5.97 Å². The van der Waals surface area contributed by atoms with Gasteiger partial charge in [-0.15, -0.1) is 0 Å². The summed E-state index contributed by atoms with van der Waals surface area (Å²) >= 11 is 0. The maximum Gasteiger partial charge on any atom is 0.330 e. The zero-order chi connectivity index (χ0) is 9.84. The Morgan fingerprint density at radius 1 is 1.38 bits per heavy atom. The maximum atomic E-state index is 10.7. The van der Waals surface area contributed by atoms with Gasteiger partial charge in [-0.2, -0.15) is 0 Å². The Morgan fingerprint density at radius 2 is 1.92 bits per heavy atom. The molecule has 0 aromatic heterocycles. The fraction of sp³-hybridized carbons (Fsp3) is 0.667. The van der Waals surface area contributed by atoms with Crippen molar-refractivity contribution in [3.8, 4) is 0 Å². The van der Waals surface area contributed by atoms with Crippen LogP contribution in [0.3, 0.4) is 0 Å². The van der Waals surface area contributed by atoms with Crippen LogP contribution in [0.4, 0.5) is 0 Å². The van der Waals surface area contributed by atoms with E-state index in [0.717, 1.165) is 0 Å². The van der Waals surface area contributed by atoms with Crippen molar-refractivity contribution in [1.82, 2.24) is 0 Å². The summed E-state index contributed by atoms with van der Waals surface area (Å²) in [4.78, 5) is 10.7. The third-order valence-corrected chi connectivity index (χ3v) is 2.24. The number of hydrogen-bond donors (Lipinski definition) is 2. The molecule has 74 valence electrons. The summed E-state index contributed by atoms with van der Waals surface area (Å²) in [6, 6.07) is 0. The van der Waals surface area contributed by atoms with Crippen molar-refractivity contribution in [2.24, 2.45) is 5.92 Å². The second kappa shape index (κ2) is 4.39. The Hall–Kier alpha value is -0.870. The molecule has 0 amide bonds.